The van der Waals surface area contributed by atoms with Gasteiger partial charge >= 0.3 is 24.7 Å². The Kier molecular flexibility index (Phi) is 22.5. The van der Waals surface area contributed by atoms with E-state index in [4.69, 9.17) is 23.2 Å². The Morgan fingerprint density at radius 2 is 0.837 bits per heavy atom. The molecule has 0 fully saturated rings. The van der Waals surface area contributed by atoms with Crippen molar-refractivity contribution in [3.63, 3.8) is 0 Å². The Bertz CT molecular complexity index is 3890. The SMILES string of the molecule is C.FC(F)(F)c1cc(Cn2nnc(I)c2-c2ccncc2)cc(C(F)(F)F)c1.I.O=C(c1ccccc1Cl)c1cccnc1-c1nnn(Cc2cc(C(F)(F)F)cc(C(F)(F)F)c2)c1-c1ccncc1.O=C(c1ccccc1Cl)c1cccnc1Br. The number of carbonyl (C=O) groups excluding carboxylic acids is 2. The second kappa shape index (κ2) is 28.5. The van der Waals surface area contributed by atoms with Gasteiger partial charge in [-0.05, 0) is 159 Å². The number of pyridine rings is 4. The molecule has 0 aliphatic carbocycles. The Hall–Kier alpha value is -7.22. The molecule has 0 aliphatic rings. The first-order valence-corrected chi connectivity index (χ1v) is 26.4. The lowest BCUT2D eigenvalue weighted by Gasteiger charge is -2.15. The molecular weight excluding hydrogens is 1490 g/mol. The molecule has 0 atom stereocenters. The van der Waals surface area contributed by atoms with Crippen LogP contribution in [0.15, 0.2) is 175 Å². The smallest absolute Gasteiger partial charge is 0.288 e. The van der Waals surface area contributed by atoms with Crippen molar-refractivity contribution in [2.75, 3.05) is 0 Å². The number of halogens is 17. The topological polar surface area (TPSA) is 147 Å². The minimum Gasteiger partial charge on any atom is -0.288 e. The number of carbonyl (C=O) groups is 2. The molecule has 0 N–H and O–H groups in total. The molecule has 0 spiro atoms. The van der Waals surface area contributed by atoms with Crippen molar-refractivity contribution >= 4 is 97.3 Å². The molecule has 29 heteroatoms. The Labute approximate surface area is 529 Å². The predicted molar refractivity (Wildman–Crippen MR) is 317 cm³/mol. The maximum atomic E-state index is 13.5. The van der Waals surface area contributed by atoms with Gasteiger partial charge in [0.25, 0.3) is 0 Å². The van der Waals surface area contributed by atoms with Crippen molar-refractivity contribution in [1.82, 2.24) is 49.9 Å². The van der Waals surface area contributed by atoms with Gasteiger partial charge in [-0.1, -0.05) is 65.3 Å². The summed E-state index contributed by atoms with van der Waals surface area (Å²) in [7, 11) is 0. The molecular formula is C57H37BrCl2F12I2N10O2. The van der Waals surface area contributed by atoms with E-state index in [1.165, 1.54) is 53.9 Å². The first-order valence-electron chi connectivity index (χ1n) is 23.7. The highest BCUT2D eigenvalue weighted by Gasteiger charge is 2.39. The zero-order chi connectivity index (χ0) is 60.7. The summed E-state index contributed by atoms with van der Waals surface area (Å²) in [5.41, 5.74) is -2.91. The van der Waals surface area contributed by atoms with E-state index in [0.717, 1.165) is 4.68 Å². The predicted octanol–water partition coefficient (Wildman–Crippen LogP) is 17.4. The van der Waals surface area contributed by atoms with Crippen molar-refractivity contribution in [2.45, 2.75) is 45.2 Å². The maximum Gasteiger partial charge on any atom is 0.416 e. The van der Waals surface area contributed by atoms with Crippen molar-refractivity contribution < 1.29 is 62.3 Å². The second-order valence-electron chi connectivity index (χ2n) is 17.5. The monoisotopic (exact) mass is 1520 g/mol. The molecule has 10 aromatic rings. The van der Waals surface area contributed by atoms with Gasteiger partial charge in [-0.2, -0.15) is 52.7 Å². The van der Waals surface area contributed by atoms with Gasteiger partial charge < -0.3 is 0 Å². The fraction of sp³-hybridized carbons (Fsp3) is 0.123. The Balaban J connectivity index is 0.000000225. The highest BCUT2D eigenvalue weighted by molar-refractivity contribution is 14.1. The molecule has 10 rings (SSSR count). The van der Waals surface area contributed by atoms with Crippen LogP contribution < -0.4 is 0 Å². The van der Waals surface area contributed by atoms with Gasteiger partial charge in [-0.15, -0.1) is 34.2 Å². The highest BCUT2D eigenvalue weighted by Crippen LogP contribution is 2.40. The van der Waals surface area contributed by atoms with Crippen LogP contribution in [0.4, 0.5) is 52.7 Å². The molecule has 0 amide bonds. The number of rotatable bonds is 11. The number of hydrogen-bond donors (Lipinski definition) is 0. The number of nitrogens with zero attached hydrogens (tertiary/aromatic N) is 10. The van der Waals surface area contributed by atoms with Crippen molar-refractivity contribution in [1.29, 1.82) is 0 Å². The zero-order valence-electron chi connectivity index (χ0n) is 42.3. The largest absolute Gasteiger partial charge is 0.416 e. The van der Waals surface area contributed by atoms with E-state index in [-0.39, 0.29) is 100 Å². The first kappa shape index (κ1) is 67.9. The average molecular weight is 1530 g/mol. The lowest BCUT2D eigenvalue weighted by atomic mass is 9.98. The number of benzene rings is 4. The van der Waals surface area contributed by atoms with Crippen LogP contribution in [0, 0.1) is 3.70 Å². The van der Waals surface area contributed by atoms with Crippen LogP contribution in [0.3, 0.4) is 0 Å². The standard InChI is InChI=1S/C28H16ClF6N5O.C16H9F6IN4.C12H7BrClNO.CH4.HI/c29-22-6-2-1-4-20(22)26(41)21-5-3-9-37-23(21)24-25(17-7-10-36-11-8-17)40(39-38-24)15-16-12-18(27(30,31)32)14-19(13-16)28(33,34)35;17-15(18,19)11-5-9(6-12(7-11)16(20,21)22)8-27-13(14(23)25-26-27)10-1-3-24-4-2-10;13-12-9(5-3-7-15-12)11(16)8-4-1-2-6-10(8)14;;/h1-14H,15H2;1-7H,8H2;1-7H;1H4;1H. The second-order valence-corrected chi connectivity index (χ2v) is 20.1. The maximum absolute atomic E-state index is 13.5. The van der Waals surface area contributed by atoms with Gasteiger partial charge in [0.2, 0.25) is 0 Å². The third-order valence-electron chi connectivity index (χ3n) is 11.8. The molecule has 446 valence electrons. The van der Waals surface area contributed by atoms with Crippen LogP contribution >= 0.6 is 85.7 Å². The Morgan fingerprint density at radius 3 is 1.27 bits per heavy atom. The van der Waals surface area contributed by atoms with Crippen molar-refractivity contribution in [3.05, 3.63) is 245 Å². The van der Waals surface area contributed by atoms with E-state index in [9.17, 15) is 62.3 Å². The van der Waals surface area contributed by atoms with Crippen LogP contribution in [0.25, 0.3) is 33.9 Å². The molecule has 6 aromatic heterocycles. The summed E-state index contributed by atoms with van der Waals surface area (Å²) in [6.07, 6.45) is -10.9. The van der Waals surface area contributed by atoms with Gasteiger partial charge in [-0.3, -0.25) is 24.5 Å². The third-order valence-corrected chi connectivity index (χ3v) is 13.8. The molecule has 0 saturated carbocycles. The van der Waals surface area contributed by atoms with Crippen molar-refractivity contribution in [2.24, 2.45) is 0 Å². The summed E-state index contributed by atoms with van der Waals surface area (Å²) in [6.45, 7) is -0.807. The quantitative estimate of drug-likeness (QED) is 0.0530. The van der Waals surface area contributed by atoms with E-state index in [1.54, 1.807) is 85.1 Å². The molecule has 0 aliphatic heterocycles. The van der Waals surface area contributed by atoms with E-state index >= 15 is 0 Å². The molecule has 0 unspecified atom stereocenters. The first-order chi connectivity index (χ1) is 39.7. The summed E-state index contributed by atoms with van der Waals surface area (Å²) in [6, 6.07) is 29.0. The average Bonchev–Trinajstić information content (AvgIpc) is 2.85. The molecule has 4 aromatic carbocycles. The molecule has 0 radical (unpaired) electrons. The molecule has 0 saturated heterocycles. The number of aromatic nitrogens is 10. The van der Waals surface area contributed by atoms with Crippen LogP contribution in [0.5, 0.6) is 0 Å². The normalized spacial score (nSPS) is 11.5. The van der Waals surface area contributed by atoms with Gasteiger partial charge in [0.05, 0.1) is 62.2 Å². The van der Waals surface area contributed by atoms with E-state index in [0.29, 0.717) is 65.5 Å². The highest BCUT2D eigenvalue weighted by atomic mass is 127. The summed E-state index contributed by atoms with van der Waals surface area (Å²) in [5.74, 6) is -0.604. The number of hydrogen-bond acceptors (Lipinski definition) is 10. The number of ketones is 2. The van der Waals surface area contributed by atoms with Gasteiger partial charge in [0.15, 0.2) is 15.3 Å². The fourth-order valence-corrected chi connectivity index (χ4v) is 9.60. The third kappa shape index (κ3) is 16.6. The summed E-state index contributed by atoms with van der Waals surface area (Å²) < 4.78 is 162. The minimum atomic E-state index is -5.01. The molecule has 86 heavy (non-hydrogen) atoms. The summed E-state index contributed by atoms with van der Waals surface area (Å²) >= 11 is 17.3. The molecule has 0 bridgehead atoms. The fourth-order valence-electron chi connectivity index (χ4n) is 8.04. The summed E-state index contributed by atoms with van der Waals surface area (Å²) in [4.78, 5) is 41.8. The minimum absolute atomic E-state index is 0. The van der Waals surface area contributed by atoms with Gasteiger partial charge in [0, 0.05) is 59.4 Å². The van der Waals surface area contributed by atoms with E-state index < -0.39 is 59.3 Å². The van der Waals surface area contributed by atoms with E-state index in [2.05, 4.69) is 56.5 Å². The van der Waals surface area contributed by atoms with Crippen LogP contribution in [-0.4, -0.2) is 61.5 Å². The number of alkyl halides is 12. The van der Waals surface area contributed by atoms with Crippen molar-refractivity contribution in [3.8, 4) is 33.9 Å². The van der Waals surface area contributed by atoms with Crippen LogP contribution in [0.2, 0.25) is 10.0 Å². The lowest BCUT2D eigenvalue weighted by Crippen LogP contribution is -2.13. The zero-order valence-corrected chi connectivity index (χ0v) is 49.9. The van der Waals surface area contributed by atoms with Gasteiger partial charge in [0.1, 0.15) is 21.7 Å². The van der Waals surface area contributed by atoms with Crippen LogP contribution in [0.1, 0.15) is 72.7 Å². The Morgan fingerprint density at radius 1 is 0.465 bits per heavy atom. The van der Waals surface area contributed by atoms with E-state index in [1.807, 2.05) is 22.6 Å². The van der Waals surface area contributed by atoms with Gasteiger partial charge in [-0.25, -0.2) is 14.3 Å². The summed E-state index contributed by atoms with van der Waals surface area (Å²) in [5, 5.41) is 16.6. The lowest BCUT2D eigenvalue weighted by molar-refractivity contribution is -0.144. The molecule has 12 nitrogen and oxygen atoms in total. The molecule has 6 heterocycles. The van der Waals surface area contributed by atoms with Crippen LogP contribution in [-0.2, 0) is 37.8 Å².